The van der Waals surface area contributed by atoms with E-state index in [1.807, 2.05) is 0 Å². The Kier molecular flexibility index (Phi) is 4.69. The lowest BCUT2D eigenvalue weighted by molar-refractivity contribution is 0.506. The van der Waals surface area contributed by atoms with Gasteiger partial charge in [-0.15, -0.1) is 0 Å². The van der Waals surface area contributed by atoms with Gasteiger partial charge >= 0.3 is 0 Å². The molecule has 0 spiro atoms. The monoisotopic (exact) mass is 320 g/mol. The minimum absolute atomic E-state index is 0.0956. The van der Waals surface area contributed by atoms with Gasteiger partial charge in [0.15, 0.2) is 18.9 Å². The van der Waals surface area contributed by atoms with Crippen molar-refractivity contribution in [2.24, 2.45) is 0 Å². The first-order valence-corrected chi connectivity index (χ1v) is 8.88. The highest BCUT2D eigenvalue weighted by molar-refractivity contribution is 7.67. The highest BCUT2D eigenvalue weighted by atomic mass is 31.1. The third-order valence-electron chi connectivity index (χ3n) is 3.64. The van der Waals surface area contributed by atoms with E-state index < -0.39 is 11.6 Å². The number of hydrogen-bond acceptors (Lipinski definition) is 1. The van der Waals surface area contributed by atoms with E-state index in [0.717, 1.165) is 17.4 Å². The Morgan fingerprint density at radius 1 is 1.05 bits per heavy atom. The maximum absolute atomic E-state index is 13.4. The zero-order chi connectivity index (χ0) is 14.8. The second kappa shape index (κ2) is 6.52. The molecule has 1 N–H and O–H groups in total. The van der Waals surface area contributed by atoms with E-state index >= 15 is 0 Å². The van der Waals surface area contributed by atoms with Crippen molar-refractivity contribution in [1.29, 1.82) is 0 Å². The second-order valence-electron chi connectivity index (χ2n) is 5.03. The van der Waals surface area contributed by atoms with Gasteiger partial charge in [-0.25, -0.2) is 8.78 Å². The fourth-order valence-corrected chi connectivity index (χ4v) is 5.00. The van der Waals surface area contributed by atoms with E-state index in [1.54, 1.807) is 6.07 Å². The van der Waals surface area contributed by atoms with Crippen molar-refractivity contribution < 1.29 is 8.78 Å². The van der Waals surface area contributed by atoms with Crippen molar-refractivity contribution >= 4 is 40.8 Å². The molecule has 0 bridgehead atoms. The molecule has 3 rings (SSSR count). The van der Waals surface area contributed by atoms with Crippen LogP contribution >= 0.6 is 17.5 Å². The van der Waals surface area contributed by atoms with Crippen molar-refractivity contribution in [3.8, 4) is 0 Å². The van der Waals surface area contributed by atoms with E-state index in [-0.39, 0.29) is 5.82 Å². The number of hydrogen-bond donors (Lipinski definition) is 1. The van der Waals surface area contributed by atoms with Gasteiger partial charge in [-0.05, 0) is 51.6 Å². The molecule has 0 amide bonds. The maximum Gasteiger partial charge on any atom is 0.160 e. The molecule has 6 heteroatoms. The SMILES string of the molecule is CCC([B]c1ccc2c(c1)PNP2)c1ccc(F)c(F)c1. The lowest BCUT2D eigenvalue weighted by Gasteiger charge is -2.15. The average Bonchev–Trinajstić information content (AvgIpc) is 2.95. The predicted molar refractivity (Wildman–Crippen MR) is 90.3 cm³/mol. The van der Waals surface area contributed by atoms with Gasteiger partial charge in [0.1, 0.15) is 0 Å². The lowest BCUT2D eigenvalue weighted by atomic mass is 9.56. The molecule has 2 aromatic rings. The summed E-state index contributed by atoms with van der Waals surface area (Å²) in [5.74, 6) is -1.47. The quantitative estimate of drug-likeness (QED) is 0.674. The summed E-state index contributed by atoms with van der Waals surface area (Å²) in [6.45, 7) is 2.06. The van der Waals surface area contributed by atoms with Crippen molar-refractivity contribution in [1.82, 2.24) is 4.86 Å². The van der Waals surface area contributed by atoms with Gasteiger partial charge in [-0.1, -0.05) is 43.1 Å². The molecular weight excluding hydrogens is 305 g/mol. The van der Waals surface area contributed by atoms with Crippen LogP contribution in [0.2, 0.25) is 0 Å². The number of fused-ring (bicyclic) bond motifs is 1. The van der Waals surface area contributed by atoms with Crippen LogP contribution in [0.15, 0.2) is 36.4 Å². The Hall–Kier alpha value is -0.815. The van der Waals surface area contributed by atoms with Crippen LogP contribution in [0.3, 0.4) is 0 Å². The summed E-state index contributed by atoms with van der Waals surface area (Å²) in [7, 11) is 3.51. The molecule has 2 aromatic carbocycles. The Labute approximate surface area is 127 Å². The van der Waals surface area contributed by atoms with Gasteiger partial charge in [0, 0.05) is 0 Å². The highest BCUT2D eigenvalue weighted by Gasteiger charge is 2.16. The topological polar surface area (TPSA) is 12.0 Å². The molecular formula is C15H15BF2NP2. The summed E-state index contributed by atoms with van der Waals surface area (Å²) in [5.41, 5.74) is 1.96. The van der Waals surface area contributed by atoms with Crippen molar-refractivity contribution in [3.05, 3.63) is 53.6 Å². The van der Waals surface area contributed by atoms with E-state index in [1.165, 1.54) is 22.7 Å². The highest BCUT2D eigenvalue weighted by Crippen LogP contribution is 2.23. The molecule has 0 fully saturated rings. The molecule has 0 saturated heterocycles. The van der Waals surface area contributed by atoms with Gasteiger partial charge in [0.05, 0.1) is 0 Å². The van der Waals surface area contributed by atoms with Crippen molar-refractivity contribution in [2.75, 3.05) is 0 Å². The van der Waals surface area contributed by atoms with Gasteiger partial charge < -0.3 is 0 Å². The molecule has 107 valence electrons. The molecule has 0 saturated carbocycles. The summed E-state index contributed by atoms with van der Waals surface area (Å²) in [4.78, 5) is 3.38. The Bertz CT molecular complexity index is 666. The third-order valence-corrected chi connectivity index (χ3v) is 6.28. The number of halogens is 2. The second-order valence-corrected chi connectivity index (χ2v) is 7.61. The fraction of sp³-hybridized carbons (Fsp3) is 0.200. The van der Waals surface area contributed by atoms with E-state index in [4.69, 9.17) is 0 Å². The molecule has 1 aliphatic rings. The lowest BCUT2D eigenvalue weighted by Crippen LogP contribution is -2.27. The smallest absolute Gasteiger partial charge is 0.160 e. The first-order chi connectivity index (χ1) is 10.2. The average molecular weight is 320 g/mol. The van der Waals surface area contributed by atoms with Crippen LogP contribution in [0, 0.1) is 11.6 Å². The summed E-state index contributed by atoms with van der Waals surface area (Å²) >= 11 is 0. The summed E-state index contributed by atoms with van der Waals surface area (Å²) in [5, 5.41) is 2.74. The molecule has 21 heavy (non-hydrogen) atoms. The van der Waals surface area contributed by atoms with Crippen LogP contribution in [0.1, 0.15) is 24.7 Å². The van der Waals surface area contributed by atoms with Crippen LogP contribution in [0.4, 0.5) is 8.78 Å². The molecule has 3 unspecified atom stereocenters. The molecule has 1 radical (unpaired) electrons. The van der Waals surface area contributed by atoms with Gasteiger partial charge in [-0.2, -0.15) is 0 Å². The van der Waals surface area contributed by atoms with E-state index in [2.05, 4.69) is 37.3 Å². The minimum Gasteiger partial charge on any atom is -0.271 e. The molecule has 0 aliphatic carbocycles. The number of nitrogens with one attached hydrogen (secondary N) is 1. The molecule has 1 nitrogen and oxygen atoms in total. The first-order valence-electron chi connectivity index (χ1n) is 6.88. The van der Waals surface area contributed by atoms with Gasteiger partial charge in [-0.3, -0.25) is 4.86 Å². The van der Waals surface area contributed by atoms with Crippen LogP contribution in [0.5, 0.6) is 0 Å². The van der Waals surface area contributed by atoms with Crippen molar-refractivity contribution in [3.63, 3.8) is 0 Å². The van der Waals surface area contributed by atoms with Crippen LogP contribution < -0.4 is 20.9 Å². The van der Waals surface area contributed by atoms with E-state index in [0.29, 0.717) is 17.5 Å². The van der Waals surface area contributed by atoms with Crippen LogP contribution in [0.25, 0.3) is 0 Å². The summed E-state index contributed by atoms with van der Waals surface area (Å²) < 4.78 is 26.5. The predicted octanol–water partition coefficient (Wildman–Crippen LogP) is 2.49. The van der Waals surface area contributed by atoms with E-state index in [9.17, 15) is 8.78 Å². The molecule has 0 aromatic heterocycles. The van der Waals surface area contributed by atoms with Gasteiger partial charge in [0.2, 0.25) is 0 Å². The molecule has 3 atom stereocenters. The standard InChI is InChI=1S/C15H15BF2NP2/c1-2-11(9-3-5-12(17)13(18)7-9)16-10-4-6-14-15(8-10)21-19-20-14/h3-8,11,19-21H,2H2,1H3. The summed E-state index contributed by atoms with van der Waals surface area (Å²) in [6.07, 6.45) is 0.852. The van der Waals surface area contributed by atoms with Gasteiger partial charge in [0.25, 0.3) is 0 Å². The Balaban J connectivity index is 1.82. The largest absolute Gasteiger partial charge is 0.271 e. The molecule has 1 aliphatic heterocycles. The Morgan fingerprint density at radius 2 is 1.86 bits per heavy atom. The maximum atomic E-state index is 13.4. The first kappa shape index (κ1) is 15.1. The fourth-order valence-electron chi connectivity index (χ4n) is 2.47. The molecule has 1 heterocycles. The number of rotatable bonds is 4. The third kappa shape index (κ3) is 3.34. The summed E-state index contributed by atoms with van der Waals surface area (Å²) in [6, 6.07) is 10.6. The number of benzene rings is 2. The zero-order valence-electron chi connectivity index (χ0n) is 11.6. The Morgan fingerprint density at radius 3 is 2.62 bits per heavy atom. The van der Waals surface area contributed by atoms with Crippen LogP contribution in [-0.2, 0) is 0 Å². The van der Waals surface area contributed by atoms with Crippen molar-refractivity contribution in [2.45, 2.75) is 19.2 Å². The van der Waals surface area contributed by atoms with Crippen LogP contribution in [-0.4, -0.2) is 7.28 Å². The zero-order valence-corrected chi connectivity index (χ0v) is 13.6. The normalized spacial score (nSPS) is 17.1. The minimum atomic E-state index is -0.792.